The lowest BCUT2D eigenvalue weighted by Gasteiger charge is -2.22. The van der Waals surface area contributed by atoms with Gasteiger partial charge in [0.2, 0.25) is 5.88 Å². The molecule has 0 aliphatic heterocycles. The molecule has 0 unspecified atom stereocenters. The maximum absolute atomic E-state index is 5.90. The van der Waals surface area contributed by atoms with Crippen molar-refractivity contribution >= 4 is 0 Å². The molecule has 1 heterocycles. The average molecular weight is 217 g/mol. The molecule has 2 aliphatic carbocycles. The van der Waals surface area contributed by atoms with Crippen LogP contribution in [0.1, 0.15) is 56.4 Å². The monoisotopic (exact) mass is 217 g/mol. The van der Waals surface area contributed by atoms with E-state index in [1.54, 1.807) is 0 Å². The van der Waals surface area contributed by atoms with Gasteiger partial charge in [-0.3, -0.25) is 0 Å². The molecule has 0 amide bonds. The van der Waals surface area contributed by atoms with Crippen molar-refractivity contribution in [3.05, 3.63) is 23.9 Å². The van der Waals surface area contributed by atoms with E-state index in [0.29, 0.717) is 6.10 Å². The Morgan fingerprint density at radius 1 is 1.00 bits per heavy atom. The van der Waals surface area contributed by atoms with Crippen molar-refractivity contribution in [1.82, 2.24) is 4.98 Å². The Bertz CT molecular complexity index is 336. The van der Waals surface area contributed by atoms with E-state index in [4.69, 9.17) is 4.74 Å². The summed E-state index contributed by atoms with van der Waals surface area (Å²) in [5.41, 5.74) is 1.39. The fraction of sp³-hybridized carbons (Fsp3) is 0.643. The van der Waals surface area contributed by atoms with Gasteiger partial charge in [-0.2, -0.15) is 0 Å². The van der Waals surface area contributed by atoms with E-state index < -0.39 is 0 Å². The van der Waals surface area contributed by atoms with Gasteiger partial charge in [-0.1, -0.05) is 12.5 Å². The van der Waals surface area contributed by atoms with Crippen molar-refractivity contribution in [1.29, 1.82) is 0 Å². The Balaban J connectivity index is 1.60. The van der Waals surface area contributed by atoms with Crippen molar-refractivity contribution in [2.45, 2.75) is 57.0 Å². The Morgan fingerprint density at radius 3 is 2.44 bits per heavy atom. The first kappa shape index (κ1) is 10.1. The molecule has 1 aromatic rings. The second kappa shape index (κ2) is 4.44. The lowest BCUT2D eigenvalue weighted by molar-refractivity contribution is 0.148. The van der Waals surface area contributed by atoms with Gasteiger partial charge in [-0.25, -0.2) is 4.98 Å². The van der Waals surface area contributed by atoms with Crippen LogP contribution in [0.5, 0.6) is 5.88 Å². The van der Waals surface area contributed by atoms with Gasteiger partial charge in [0, 0.05) is 12.3 Å². The number of nitrogens with zero attached hydrogens (tertiary/aromatic N) is 1. The third-order valence-electron chi connectivity index (χ3n) is 3.65. The molecular formula is C14H19NO. The van der Waals surface area contributed by atoms with Crippen molar-refractivity contribution in [3.63, 3.8) is 0 Å². The Hall–Kier alpha value is -1.05. The lowest BCUT2D eigenvalue weighted by atomic mass is 9.98. The van der Waals surface area contributed by atoms with Crippen LogP contribution in [-0.2, 0) is 0 Å². The minimum atomic E-state index is 0.410. The van der Waals surface area contributed by atoms with Crippen LogP contribution in [0.4, 0.5) is 0 Å². The molecule has 2 nitrogen and oxygen atoms in total. The highest BCUT2D eigenvalue weighted by Crippen LogP contribution is 2.39. The molecule has 2 fully saturated rings. The standard InChI is InChI=1S/C14H19NO/c1-2-4-13(5-3-1)16-14-9-8-12(10-15-14)11-6-7-11/h8-11,13H,1-7H2. The van der Waals surface area contributed by atoms with Crippen LogP contribution in [0.15, 0.2) is 18.3 Å². The topological polar surface area (TPSA) is 22.1 Å². The van der Waals surface area contributed by atoms with Gasteiger partial charge in [0.05, 0.1) is 0 Å². The van der Waals surface area contributed by atoms with Crippen LogP contribution in [0.2, 0.25) is 0 Å². The number of ether oxygens (including phenoxy) is 1. The predicted octanol–water partition coefficient (Wildman–Crippen LogP) is 3.67. The van der Waals surface area contributed by atoms with Crippen molar-refractivity contribution in [2.24, 2.45) is 0 Å². The van der Waals surface area contributed by atoms with Crippen LogP contribution in [0.25, 0.3) is 0 Å². The van der Waals surface area contributed by atoms with Crippen LogP contribution in [0.3, 0.4) is 0 Å². The van der Waals surface area contributed by atoms with Gasteiger partial charge < -0.3 is 4.74 Å². The number of rotatable bonds is 3. The highest BCUT2D eigenvalue weighted by molar-refractivity contribution is 5.24. The maximum atomic E-state index is 5.90. The predicted molar refractivity (Wildman–Crippen MR) is 63.7 cm³/mol. The summed E-state index contributed by atoms with van der Waals surface area (Å²) in [4.78, 5) is 4.41. The van der Waals surface area contributed by atoms with Crippen LogP contribution in [-0.4, -0.2) is 11.1 Å². The van der Waals surface area contributed by atoms with Crippen LogP contribution >= 0.6 is 0 Å². The number of aromatic nitrogens is 1. The molecule has 0 atom stereocenters. The summed E-state index contributed by atoms with van der Waals surface area (Å²) in [5.74, 6) is 1.60. The average Bonchev–Trinajstić information content (AvgIpc) is 3.15. The zero-order chi connectivity index (χ0) is 10.8. The number of hydrogen-bond acceptors (Lipinski definition) is 2. The van der Waals surface area contributed by atoms with E-state index in [1.807, 2.05) is 12.3 Å². The fourth-order valence-corrected chi connectivity index (χ4v) is 2.47. The zero-order valence-corrected chi connectivity index (χ0v) is 9.69. The van der Waals surface area contributed by atoms with Gasteiger partial charge in [-0.05, 0) is 50.0 Å². The molecule has 1 aromatic heterocycles. The van der Waals surface area contributed by atoms with Gasteiger partial charge in [0.1, 0.15) is 6.10 Å². The summed E-state index contributed by atoms with van der Waals surface area (Å²) in [6, 6.07) is 4.23. The molecule has 0 N–H and O–H groups in total. The molecule has 2 heteroatoms. The second-order valence-electron chi connectivity index (χ2n) is 5.08. The number of hydrogen-bond donors (Lipinski definition) is 0. The van der Waals surface area contributed by atoms with E-state index in [9.17, 15) is 0 Å². The molecule has 0 spiro atoms. The smallest absolute Gasteiger partial charge is 0.213 e. The van der Waals surface area contributed by atoms with Crippen molar-refractivity contribution in [3.8, 4) is 5.88 Å². The molecule has 2 saturated carbocycles. The van der Waals surface area contributed by atoms with Crippen molar-refractivity contribution in [2.75, 3.05) is 0 Å². The van der Waals surface area contributed by atoms with Gasteiger partial charge >= 0.3 is 0 Å². The summed E-state index contributed by atoms with van der Waals surface area (Å²) in [6.07, 6.45) is 11.5. The zero-order valence-electron chi connectivity index (χ0n) is 9.69. The molecule has 0 aromatic carbocycles. The lowest BCUT2D eigenvalue weighted by Crippen LogP contribution is -2.20. The Kier molecular flexibility index (Phi) is 2.81. The summed E-state index contributed by atoms with van der Waals surface area (Å²) < 4.78 is 5.90. The van der Waals surface area contributed by atoms with Gasteiger partial charge in [-0.15, -0.1) is 0 Å². The normalized spacial score (nSPS) is 22.0. The minimum absolute atomic E-state index is 0.410. The van der Waals surface area contributed by atoms with Crippen molar-refractivity contribution < 1.29 is 4.74 Å². The second-order valence-corrected chi connectivity index (χ2v) is 5.08. The van der Waals surface area contributed by atoms with E-state index in [2.05, 4.69) is 11.1 Å². The summed E-state index contributed by atoms with van der Waals surface area (Å²) in [5, 5.41) is 0. The third kappa shape index (κ3) is 2.37. The molecule has 2 aliphatic rings. The van der Waals surface area contributed by atoms with Crippen LogP contribution < -0.4 is 4.74 Å². The minimum Gasteiger partial charge on any atom is -0.474 e. The summed E-state index contributed by atoms with van der Waals surface area (Å²) in [6.45, 7) is 0. The largest absolute Gasteiger partial charge is 0.474 e. The van der Waals surface area contributed by atoms with Crippen LogP contribution in [0, 0.1) is 0 Å². The third-order valence-corrected chi connectivity index (χ3v) is 3.65. The molecule has 3 rings (SSSR count). The summed E-state index contributed by atoms with van der Waals surface area (Å²) in [7, 11) is 0. The molecular weight excluding hydrogens is 198 g/mol. The SMILES string of the molecule is c1cc(OC2CCCCC2)ncc1C1CC1. The highest BCUT2D eigenvalue weighted by atomic mass is 16.5. The first-order valence-electron chi connectivity index (χ1n) is 6.54. The highest BCUT2D eigenvalue weighted by Gasteiger charge is 2.23. The first-order valence-corrected chi connectivity index (χ1v) is 6.54. The maximum Gasteiger partial charge on any atom is 0.213 e. The van der Waals surface area contributed by atoms with E-state index in [0.717, 1.165) is 11.8 Å². The van der Waals surface area contributed by atoms with E-state index >= 15 is 0 Å². The molecule has 0 saturated heterocycles. The van der Waals surface area contributed by atoms with Gasteiger partial charge in [0.15, 0.2) is 0 Å². The van der Waals surface area contributed by atoms with E-state index in [1.165, 1.54) is 50.5 Å². The molecule has 86 valence electrons. The quantitative estimate of drug-likeness (QED) is 0.770. The Labute approximate surface area is 97.0 Å². The first-order chi connectivity index (χ1) is 7.92. The molecule has 0 bridgehead atoms. The van der Waals surface area contributed by atoms with E-state index in [-0.39, 0.29) is 0 Å². The molecule has 16 heavy (non-hydrogen) atoms. The van der Waals surface area contributed by atoms with Gasteiger partial charge in [0.25, 0.3) is 0 Å². The summed E-state index contributed by atoms with van der Waals surface area (Å²) >= 11 is 0. The molecule has 0 radical (unpaired) electrons. The Morgan fingerprint density at radius 2 is 1.81 bits per heavy atom. The fourth-order valence-electron chi connectivity index (χ4n) is 2.47. The number of pyridine rings is 1.